The number of carboxylic acids is 1. The van der Waals surface area contributed by atoms with Crippen LogP contribution in [0.5, 0.6) is 0 Å². The van der Waals surface area contributed by atoms with E-state index in [9.17, 15) is 9.59 Å². The van der Waals surface area contributed by atoms with E-state index in [2.05, 4.69) is 10.3 Å². The smallest absolute Gasteiger partial charge is 0.306 e. The van der Waals surface area contributed by atoms with Gasteiger partial charge in [0.25, 0.3) is 5.91 Å². The third-order valence-electron chi connectivity index (χ3n) is 3.06. The first-order chi connectivity index (χ1) is 9.61. The maximum absolute atomic E-state index is 12.1. The number of aromatic nitrogens is 1. The minimum atomic E-state index is -0.960. The minimum absolute atomic E-state index is 0.148. The highest BCUT2D eigenvalue weighted by Crippen LogP contribution is 2.17. The number of fused-ring (bicyclic) bond motifs is 1. The largest absolute Gasteiger partial charge is 0.481 e. The van der Waals surface area contributed by atoms with Crippen LogP contribution in [-0.2, 0) is 9.53 Å². The molecule has 2 rings (SSSR count). The van der Waals surface area contributed by atoms with Crippen molar-refractivity contribution in [2.75, 3.05) is 13.7 Å². The second-order valence-corrected chi connectivity index (χ2v) is 4.41. The minimum Gasteiger partial charge on any atom is -0.481 e. The molecule has 1 heterocycles. The zero-order valence-corrected chi connectivity index (χ0v) is 11.1. The first kappa shape index (κ1) is 14.1. The number of hydrogen-bond acceptors (Lipinski definition) is 3. The van der Waals surface area contributed by atoms with Crippen molar-refractivity contribution in [3.05, 3.63) is 36.0 Å². The zero-order valence-electron chi connectivity index (χ0n) is 11.1. The summed E-state index contributed by atoms with van der Waals surface area (Å²) in [6.07, 6.45) is 0.950. The van der Waals surface area contributed by atoms with Crippen molar-refractivity contribution >= 4 is 22.8 Å². The molecule has 0 aliphatic rings. The molecule has 3 N–H and O–H groups in total. The van der Waals surface area contributed by atoms with Crippen LogP contribution in [0.4, 0.5) is 0 Å². The van der Waals surface area contributed by atoms with Gasteiger partial charge in [0, 0.05) is 30.8 Å². The van der Waals surface area contributed by atoms with Crippen LogP contribution in [0.15, 0.2) is 30.5 Å². The number of carboxylic acid groups (broad SMARTS) is 1. The Bertz CT molecular complexity index is 620. The van der Waals surface area contributed by atoms with Gasteiger partial charge in [-0.2, -0.15) is 0 Å². The van der Waals surface area contributed by atoms with Crippen LogP contribution in [0.2, 0.25) is 0 Å². The molecule has 1 aromatic heterocycles. The monoisotopic (exact) mass is 276 g/mol. The lowest BCUT2D eigenvalue weighted by molar-refractivity contribution is -0.139. The molecule has 2 aromatic rings. The molecule has 1 amide bonds. The first-order valence-electron chi connectivity index (χ1n) is 6.20. The second kappa shape index (κ2) is 6.21. The van der Waals surface area contributed by atoms with Crippen LogP contribution in [0, 0.1) is 0 Å². The van der Waals surface area contributed by atoms with Crippen molar-refractivity contribution in [1.29, 1.82) is 0 Å². The standard InChI is InChI=1S/C14H16N2O4/c1-20-9(6-13(17)18)7-16-14(19)11-8-15-12-5-3-2-4-10(11)12/h2-5,8-9,15H,6-7H2,1H3,(H,16,19)(H,17,18). The Morgan fingerprint density at radius 2 is 2.15 bits per heavy atom. The fraction of sp³-hybridized carbons (Fsp3) is 0.286. The highest BCUT2D eigenvalue weighted by atomic mass is 16.5. The summed E-state index contributed by atoms with van der Waals surface area (Å²) in [5, 5.41) is 12.2. The Labute approximate surface area is 115 Å². The third-order valence-corrected chi connectivity index (χ3v) is 3.06. The van der Waals surface area contributed by atoms with Gasteiger partial charge in [0.1, 0.15) is 0 Å². The second-order valence-electron chi connectivity index (χ2n) is 4.41. The van der Waals surface area contributed by atoms with Gasteiger partial charge in [0.15, 0.2) is 0 Å². The van der Waals surface area contributed by atoms with Crippen molar-refractivity contribution in [3.63, 3.8) is 0 Å². The van der Waals surface area contributed by atoms with Gasteiger partial charge in [-0.1, -0.05) is 18.2 Å². The van der Waals surface area contributed by atoms with Crippen molar-refractivity contribution in [2.24, 2.45) is 0 Å². The van der Waals surface area contributed by atoms with Crippen LogP contribution < -0.4 is 5.32 Å². The average Bonchev–Trinajstić information content (AvgIpc) is 2.86. The molecule has 1 unspecified atom stereocenters. The molecule has 0 aliphatic heterocycles. The lowest BCUT2D eigenvalue weighted by Crippen LogP contribution is -2.34. The van der Waals surface area contributed by atoms with Crippen molar-refractivity contribution in [3.8, 4) is 0 Å². The van der Waals surface area contributed by atoms with Gasteiger partial charge in [0.2, 0.25) is 0 Å². The number of para-hydroxylation sites is 1. The molecule has 0 fully saturated rings. The number of aliphatic carboxylic acids is 1. The topological polar surface area (TPSA) is 91.4 Å². The fourth-order valence-electron chi connectivity index (χ4n) is 1.99. The molecule has 1 atom stereocenters. The molecule has 0 saturated carbocycles. The maximum Gasteiger partial charge on any atom is 0.306 e. The molecule has 0 aliphatic carbocycles. The van der Waals surface area contributed by atoms with E-state index >= 15 is 0 Å². The lowest BCUT2D eigenvalue weighted by atomic mass is 10.1. The highest BCUT2D eigenvalue weighted by Gasteiger charge is 2.16. The summed E-state index contributed by atoms with van der Waals surface area (Å²) in [6, 6.07) is 7.48. The summed E-state index contributed by atoms with van der Waals surface area (Å²) >= 11 is 0. The quantitative estimate of drug-likeness (QED) is 0.743. The van der Waals surface area contributed by atoms with Crippen LogP contribution in [0.1, 0.15) is 16.8 Å². The average molecular weight is 276 g/mol. The molecule has 20 heavy (non-hydrogen) atoms. The number of carbonyl (C=O) groups is 2. The van der Waals surface area contributed by atoms with E-state index < -0.39 is 12.1 Å². The summed E-state index contributed by atoms with van der Waals surface area (Å²) in [4.78, 5) is 25.7. The van der Waals surface area contributed by atoms with Gasteiger partial charge in [0.05, 0.1) is 18.1 Å². The number of methoxy groups -OCH3 is 1. The van der Waals surface area contributed by atoms with Gasteiger partial charge < -0.3 is 20.1 Å². The maximum atomic E-state index is 12.1. The number of benzene rings is 1. The molecule has 0 radical (unpaired) electrons. The number of rotatable bonds is 6. The van der Waals surface area contributed by atoms with Gasteiger partial charge in [-0.3, -0.25) is 9.59 Å². The first-order valence-corrected chi connectivity index (χ1v) is 6.20. The van der Waals surface area contributed by atoms with E-state index in [1.807, 2.05) is 24.3 Å². The normalized spacial score (nSPS) is 12.2. The number of H-pyrrole nitrogens is 1. The number of ether oxygens (including phenoxy) is 1. The summed E-state index contributed by atoms with van der Waals surface area (Å²) in [6.45, 7) is 0.154. The Kier molecular flexibility index (Phi) is 4.37. The molecule has 0 bridgehead atoms. The molecule has 0 spiro atoms. The van der Waals surface area contributed by atoms with E-state index in [1.54, 1.807) is 6.20 Å². The van der Waals surface area contributed by atoms with E-state index in [1.165, 1.54) is 7.11 Å². The van der Waals surface area contributed by atoms with Crippen molar-refractivity contribution < 1.29 is 19.4 Å². The number of nitrogens with one attached hydrogen (secondary N) is 2. The van der Waals surface area contributed by atoms with Gasteiger partial charge in [-0.15, -0.1) is 0 Å². The van der Waals surface area contributed by atoms with Crippen LogP contribution >= 0.6 is 0 Å². The molecule has 1 aromatic carbocycles. The van der Waals surface area contributed by atoms with Crippen LogP contribution in [0.25, 0.3) is 10.9 Å². The SMILES string of the molecule is COC(CNC(=O)c1c[nH]c2ccccc12)CC(=O)O. The predicted molar refractivity (Wildman–Crippen MR) is 73.7 cm³/mol. The Hall–Kier alpha value is -2.34. The van der Waals surface area contributed by atoms with Gasteiger partial charge >= 0.3 is 5.97 Å². The Balaban J connectivity index is 2.03. The number of amides is 1. The lowest BCUT2D eigenvalue weighted by Gasteiger charge is -2.13. The van der Waals surface area contributed by atoms with E-state index in [4.69, 9.17) is 9.84 Å². The van der Waals surface area contributed by atoms with Gasteiger partial charge in [-0.05, 0) is 6.07 Å². The van der Waals surface area contributed by atoms with Gasteiger partial charge in [-0.25, -0.2) is 0 Å². The van der Waals surface area contributed by atoms with Crippen LogP contribution in [0.3, 0.4) is 0 Å². The van der Waals surface area contributed by atoms with E-state index in [0.717, 1.165) is 10.9 Å². The van der Waals surface area contributed by atoms with Crippen LogP contribution in [-0.4, -0.2) is 41.7 Å². The predicted octanol–water partition coefficient (Wildman–Crippen LogP) is 1.39. The Morgan fingerprint density at radius 1 is 1.40 bits per heavy atom. The summed E-state index contributed by atoms with van der Waals surface area (Å²) in [5.41, 5.74) is 1.41. The van der Waals surface area contributed by atoms with E-state index in [0.29, 0.717) is 5.56 Å². The molecule has 6 nitrogen and oxygen atoms in total. The summed E-state index contributed by atoms with van der Waals surface area (Å²) in [5.74, 6) is -1.21. The summed E-state index contributed by atoms with van der Waals surface area (Å²) in [7, 11) is 1.42. The Morgan fingerprint density at radius 3 is 2.85 bits per heavy atom. The number of hydrogen-bond donors (Lipinski definition) is 3. The molecular formula is C14H16N2O4. The molecule has 106 valence electrons. The molecule has 6 heteroatoms. The van der Waals surface area contributed by atoms with E-state index in [-0.39, 0.29) is 18.9 Å². The van der Waals surface area contributed by atoms with Crippen molar-refractivity contribution in [2.45, 2.75) is 12.5 Å². The summed E-state index contributed by atoms with van der Waals surface area (Å²) < 4.78 is 5.01. The zero-order chi connectivity index (χ0) is 14.5. The number of carbonyl (C=O) groups excluding carboxylic acids is 1. The third kappa shape index (κ3) is 3.16. The molecule has 0 saturated heterocycles. The highest BCUT2D eigenvalue weighted by molar-refractivity contribution is 6.06. The molecular weight excluding hydrogens is 260 g/mol. The van der Waals surface area contributed by atoms with Crippen molar-refractivity contribution in [1.82, 2.24) is 10.3 Å². The number of aromatic amines is 1. The fourth-order valence-corrected chi connectivity index (χ4v) is 1.99.